The normalized spacial score (nSPS) is 18.2. The average Bonchev–Trinajstić information content (AvgIpc) is 2.85. The van der Waals surface area contributed by atoms with Crippen molar-refractivity contribution in [3.05, 3.63) is 29.8 Å². The third-order valence-corrected chi connectivity index (χ3v) is 4.60. The molecule has 1 aromatic rings. The summed E-state index contributed by atoms with van der Waals surface area (Å²) >= 11 is 1.76. The van der Waals surface area contributed by atoms with Crippen LogP contribution in [0.5, 0.6) is 0 Å². The van der Waals surface area contributed by atoms with Crippen LogP contribution in [0.15, 0.2) is 24.3 Å². The van der Waals surface area contributed by atoms with Crippen LogP contribution in [0.2, 0.25) is 0 Å². The summed E-state index contributed by atoms with van der Waals surface area (Å²) in [7, 11) is 0. The van der Waals surface area contributed by atoms with E-state index in [1.54, 1.807) is 30.0 Å². The second-order valence-corrected chi connectivity index (χ2v) is 6.39. The van der Waals surface area contributed by atoms with E-state index in [0.717, 1.165) is 11.5 Å². The monoisotopic (exact) mass is 308 g/mol. The minimum absolute atomic E-state index is 0.0542. The number of carboxylic acids is 1. The Kier molecular flexibility index (Phi) is 5.12. The number of carbonyl (C=O) groups excluding carboxylic acids is 1. The Morgan fingerprint density at radius 1 is 1.48 bits per heavy atom. The quantitative estimate of drug-likeness (QED) is 0.877. The molecule has 2 amide bonds. The number of aliphatic carboxylic acids is 1. The number of benzene rings is 1. The molecule has 2 unspecified atom stereocenters. The van der Waals surface area contributed by atoms with Crippen molar-refractivity contribution in [2.45, 2.75) is 25.8 Å². The molecule has 1 heterocycles. The van der Waals surface area contributed by atoms with Gasteiger partial charge in [0.15, 0.2) is 0 Å². The molecule has 1 aliphatic rings. The van der Waals surface area contributed by atoms with E-state index < -0.39 is 11.9 Å². The second-order valence-electron chi connectivity index (χ2n) is 5.07. The lowest BCUT2D eigenvalue weighted by atomic mass is 10.0. The Hall–Kier alpha value is -1.69. The molecule has 6 heteroatoms. The molecule has 2 atom stereocenters. The van der Waals surface area contributed by atoms with E-state index in [0.29, 0.717) is 11.3 Å². The standard InChI is InChI=1S/C15H20N2O3S/c1-3-21-9-10(2)16-15(20)17-8-12(14(18)19)11-6-4-5-7-13(11)17/h4-7,10,12H,3,8-9H2,1-2H3,(H,16,20)(H,18,19). The zero-order valence-corrected chi connectivity index (χ0v) is 13.0. The Morgan fingerprint density at radius 3 is 2.86 bits per heavy atom. The van der Waals surface area contributed by atoms with Crippen molar-refractivity contribution in [1.82, 2.24) is 5.32 Å². The predicted molar refractivity (Wildman–Crippen MR) is 85.2 cm³/mol. The number of carbonyl (C=O) groups is 2. The lowest BCUT2D eigenvalue weighted by Crippen LogP contribution is -2.44. The van der Waals surface area contributed by atoms with Crippen molar-refractivity contribution >= 4 is 29.4 Å². The van der Waals surface area contributed by atoms with Crippen LogP contribution in [0.1, 0.15) is 25.3 Å². The van der Waals surface area contributed by atoms with E-state index >= 15 is 0 Å². The van der Waals surface area contributed by atoms with Gasteiger partial charge in [-0.2, -0.15) is 11.8 Å². The summed E-state index contributed by atoms with van der Waals surface area (Å²) in [6.07, 6.45) is 0. The summed E-state index contributed by atoms with van der Waals surface area (Å²) in [6, 6.07) is 7.02. The van der Waals surface area contributed by atoms with Crippen LogP contribution < -0.4 is 10.2 Å². The molecule has 2 N–H and O–H groups in total. The van der Waals surface area contributed by atoms with Crippen molar-refractivity contribution in [3.63, 3.8) is 0 Å². The Morgan fingerprint density at radius 2 is 2.19 bits per heavy atom. The number of hydrogen-bond acceptors (Lipinski definition) is 3. The second kappa shape index (κ2) is 6.85. The van der Waals surface area contributed by atoms with Gasteiger partial charge in [-0.15, -0.1) is 0 Å². The molecule has 0 saturated heterocycles. The molecule has 0 saturated carbocycles. The van der Waals surface area contributed by atoms with Crippen molar-refractivity contribution in [3.8, 4) is 0 Å². The maximum absolute atomic E-state index is 12.4. The van der Waals surface area contributed by atoms with Crippen LogP contribution in [0.3, 0.4) is 0 Å². The highest BCUT2D eigenvalue weighted by Crippen LogP contribution is 2.36. The molecule has 0 spiro atoms. The topological polar surface area (TPSA) is 69.6 Å². The Balaban J connectivity index is 2.11. The first-order valence-electron chi connectivity index (χ1n) is 7.02. The molecule has 21 heavy (non-hydrogen) atoms. The minimum Gasteiger partial charge on any atom is -0.481 e. The van der Waals surface area contributed by atoms with Crippen molar-refractivity contribution in [2.75, 3.05) is 23.0 Å². The molecule has 2 rings (SSSR count). The molecular formula is C15H20N2O3S. The van der Waals surface area contributed by atoms with Gasteiger partial charge in [0.05, 0.1) is 0 Å². The van der Waals surface area contributed by atoms with Crippen LogP contribution in [-0.2, 0) is 4.79 Å². The van der Waals surface area contributed by atoms with Gasteiger partial charge >= 0.3 is 12.0 Å². The number of carboxylic acid groups (broad SMARTS) is 1. The first kappa shape index (κ1) is 15.7. The number of nitrogens with zero attached hydrogens (tertiary/aromatic N) is 1. The SMILES string of the molecule is CCSCC(C)NC(=O)N1CC(C(=O)O)c2ccccc21. The van der Waals surface area contributed by atoms with Crippen LogP contribution in [-0.4, -0.2) is 41.2 Å². The van der Waals surface area contributed by atoms with Crippen molar-refractivity contribution in [1.29, 1.82) is 0 Å². The number of thioether (sulfide) groups is 1. The summed E-state index contributed by atoms with van der Waals surface area (Å²) in [5.74, 6) is 0.313. The summed E-state index contributed by atoms with van der Waals surface area (Å²) < 4.78 is 0. The molecule has 1 aromatic carbocycles. The molecule has 0 radical (unpaired) electrons. The molecule has 0 aliphatic carbocycles. The predicted octanol–water partition coefficient (Wildman–Crippen LogP) is 2.53. The summed E-state index contributed by atoms with van der Waals surface area (Å²) in [5.41, 5.74) is 1.40. The number of hydrogen-bond donors (Lipinski definition) is 2. The Bertz CT molecular complexity index is 535. The number of para-hydroxylation sites is 1. The molecule has 0 aromatic heterocycles. The Labute approximate surface area is 128 Å². The van der Waals surface area contributed by atoms with Gasteiger partial charge in [-0.1, -0.05) is 25.1 Å². The fourth-order valence-electron chi connectivity index (χ4n) is 2.44. The third-order valence-electron chi connectivity index (χ3n) is 3.45. The highest BCUT2D eigenvalue weighted by Gasteiger charge is 2.36. The van der Waals surface area contributed by atoms with Gasteiger partial charge in [-0.25, -0.2) is 4.79 Å². The van der Waals surface area contributed by atoms with Crippen LogP contribution in [0.4, 0.5) is 10.5 Å². The van der Waals surface area contributed by atoms with E-state index in [9.17, 15) is 14.7 Å². The van der Waals surface area contributed by atoms with E-state index in [1.165, 1.54) is 4.90 Å². The maximum atomic E-state index is 12.4. The number of anilines is 1. The lowest BCUT2D eigenvalue weighted by Gasteiger charge is -2.21. The zero-order chi connectivity index (χ0) is 15.4. The molecule has 114 valence electrons. The largest absolute Gasteiger partial charge is 0.481 e. The average molecular weight is 308 g/mol. The van der Waals surface area contributed by atoms with Crippen molar-refractivity contribution in [2.24, 2.45) is 0 Å². The number of fused-ring (bicyclic) bond motifs is 1. The van der Waals surface area contributed by atoms with E-state index in [4.69, 9.17) is 0 Å². The van der Waals surface area contributed by atoms with Gasteiger partial charge in [0.1, 0.15) is 5.92 Å². The van der Waals surface area contributed by atoms with Gasteiger partial charge in [0.25, 0.3) is 0 Å². The molecular weight excluding hydrogens is 288 g/mol. The van der Waals surface area contributed by atoms with Crippen LogP contribution in [0.25, 0.3) is 0 Å². The maximum Gasteiger partial charge on any atom is 0.322 e. The van der Waals surface area contributed by atoms with Crippen LogP contribution >= 0.6 is 11.8 Å². The highest BCUT2D eigenvalue weighted by atomic mass is 32.2. The van der Waals surface area contributed by atoms with Gasteiger partial charge in [0.2, 0.25) is 0 Å². The highest BCUT2D eigenvalue weighted by molar-refractivity contribution is 7.99. The van der Waals surface area contributed by atoms with E-state index in [2.05, 4.69) is 12.2 Å². The summed E-state index contributed by atoms with van der Waals surface area (Å²) in [5, 5.41) is 12.2. The van der Waals surface area contributed by atoms with Gasteiger partial charge < -0.3 is 10.4 Å². The molecule has 0 bridgehead atoms. The van der Waals surface area contributed by atoms with Crippen molar-refractivity contribution < 1.29 is 14.7 Å². The number of nitrogens with one attached hydrogen (secondary N) is 1. The minimum atomic E-state index is -0.896. The van der Waals surface area contributed by atoms with Crippen LogP contribution in [0, 0.1) is 0 Å². The smallest absolute Gasteiger partial charge is 0.322 e. The first-order chi connectivity index (χ1) is 10.0. The summed E-state index contributed by atoms with van der Waals surface area (Å²) in [4.78, 5) is 25.2. The first-order valence-corrected chi connectivity index (χ1v) is 8.17. The lowest BCUT2D eigenvalue weighted by molar-refractivity contribution is -0.138. The van der Waals surface area contributed by atoms with E-state index in [-0.39, 0.29) is 18.6 Å². The number of rotatable bonds is 5. The number of amides is 2. The number of urea groups is 1. The van der Waals surface area contributed by atoms with Gasteiger partial charge in [0, 0.05) is 24.0 Å². The molecule has 1 aliphatic heterocycles. The third kappa shape index (κ3) is 3.50. The van der Waals surface area contributed by atoms with Gasteiger partial charge in [-0.3, -0.25) is 9.69 Å². The molecule has 5 nitrogen and oxygen atoms in total. The molecule has 0 fully saturated rings. The summed E-state index contributed by atoms with van der Waals surface area (Å²) in [6.45, 7) is 4.22. The zero-order valence-electron chi connectivity index (χ0n) is 12.2. The fraction of sp³-hybridized carbons (Fsp3) is 0.467. The fourth-order valence-corrected chi connectivity index (χ4v) is 3.11. The van der Waals surface area contributed by atoms with Gasteiger partial charge in [-0.05, 0) is 24.3 Å². The van der Waals surface area contributed by atoms with E-state index in [1.807, 2.05) is 13.0 Å².